The van der Waals surface area contributed by atoms with Gasteiger partial charge in [0.05, 0.1) is 11.4 Å². The van der Waals surface area contributed by atoms with Gasteiger partial charge in [-0.3, -0.25) is 4.79 Å². The fourth-order valence-electron chi connectivity index (χ4n) is 2.33. The van der Waals surface area contributed by atoms with Crippen LogP contribution in [0.15, 0.2) is 30.3 Å². The molecule has 1 heterocycles. The Labute approximate surface area is 125 Å². The van der Waals surface area contributed by atoms with Gasteiger partial charge < -0.3 is 4.90 Å². The summed E-state index contributed by atoms with van der Waals surface area (Å²) in [7, 11) is 1.98. The van der Waals surface area contributed by atoms with Crippen LogP contribution in [-0.4, -0.2) is 19.4 Å². The molecule has 2 nitrogen and oxygen atoms in total. The van der Waals surface area contributed by atoms with Crippen LogP contribution in [0.4, 0.5) is 5.69 Å². The van der Waals surface area contributed by atoms with Crippen molar-refractivity contribution in [2.45, 2.75) is 27.2 Å². The first-order valence-corrected chi connectivity index (χ1v) is 7.73. The highest BCUT2D eigenvalue weighted by Gasteiger charge is 2.13. The molecular weight excluding hydrogens is 266 g/mol. The summed E-state index contributed by atoms with van der Waals surface area (Å²) in [6.07, 6.45) is 0.991. The molecule has 0 fully saturated rings. The number of anilines is 1. The number of carbonyl (C=O) groups is 1. The number of rotatable bonds is 5. The molecule has 2 rings (SSSR count). The summed E-state index contributed by atoms with van der Waals surface area (Å²) in [5, 5.41) is 0. The van der Waals surface area contributed by atoms with E-state index in [2.05, 4.69) is 45.0 Å². The molecule has 0 aliphatic carbocycles. The summed E-state index contributed by atoms with van der Waals surface area (Å²) in [6.45, 7) is 6.71. The topological polar surface area (TPSA) is 20.3 Å². The number of ketones is 1. The molecule has 2 aromatic rings. The van der Waals surface area contributed by atoms with E-state index in [9.17, 15) is 4.79 Å². The van der Waals surface area contributed by atoms with Crippen LogP contribution in [0.3, 0.4) is 0 Å². The second-order valence-corrected chi connectivity index (χ2v) is 6.36. The van der Waals surface area contributed by atoms with Gasteiger partial charge in [-0.25, -0.2) is 0 Å². The van der Waals surface area contributed by atoms with Gasteiger partial charge >= 0.3 is 0 Å². The van der Waals surface area contributed by atoms with E-state index >= 15 is 0 Å². The first-order chi connectivity index (χ1) is 9.51. The van der Waals surface area contributed by atoms with Crippen molar-refractivity contribution in [1.29, 1.82) is 0 Å². The SMILES string of the molecule is CCc1ccc(C(=O)CN(C)c2ccc(C)cc2C)s1. The van der Waals surface area contributed by atoms with Gasteiger partial charge in [0, 0.05) is 17.6 Å². The first kappa shape index (κ1) is 14.8. The number of aryl methyl sites for hydroxylation is 3. The van der Waals surface area contributed by atoms with E-state index < -0.39 is 0 Å². The smallest absolute Gasteiger partial charge is 0.191 e. The van der Waals surface area contributed by atoms with Gasteiger partial charge in [-0.05, 0) is 44.0 Å². The van der Waals surface area contributed by atoms with Crippen LogP contribution in [0.1, 0.15) is 32.6 Å². The predicted octanol–water partition coefficient (Wildman–Crippen LogP) is 4.25. The third-order valence-corrected chi connectivity index (χ3v) is 4.70. The summed E-state index contributed by atoms with van der Waals surface area (Å²) < 4.78 is 0. The maximum atomic E-state index is 12.3. The second-order valence-electron chi connectivity index (χ2n) is 5.19. The van der Waals surface area contributed by atoms with Crippen LogP contribution >= 0.6 is 11.3 Å². The van der Waals surface area contributed by atoms with Crippen molar-refractivity contribution in [3.8, 4) is 0 Å². The molecule has 1 aromatic carbocycles. The third kappa shape index (κ3) is 3.28. The zero-order chi connectivity index (χ0) is 14.7. The molecular formula is C17H21NOS. The van der Waals surface area contributed by atoms with Gasteiger partial charge in [0.15, 0.2) is 5.78 Å². The summed E-state index contributed by atoms with van der Waals surface area (Å²) in [5.41, 5.74) is 3.58. The number of hydrogen-bond donors (Lipinski definition) is 0. The molecule has 0 radical (unpaired) electrons. The molecule has 0 saturated carbocycles. The normalized spacial score (nSPS) is 10.6. The van der Waals surface area contributed by atoms with Crippen LogP contribution in [0, 0.1) is 13.8 Å². The highest BCUT2D eigenvalue weighted by Crippen LogP contribution is 2.22. The van der Waals surface area contributed by atoms with Crippen molar-refractivity contribution >= 4 is 22.8 Å². The zero-order valence-corrected chi connectivity index (χ0v) is 13.4. The van der Waals surface area contributed by atoms with Gasteiger partial charge in [0.25, 0.3) is 0 Å². The lowest BCUT2D eigenvalue weighted by Gasteiger charge is -2.20. The fourth-order valence-corrected chi connectivity index (χ4v) is 3.21. The van der Waals surface area contributed by atoms with E-state index in [-0.39, 0.29) is 5.78 Å². The van der Waals surface area contributed by atoms with Gasteiger partial charge in [-0.1, -0.05) is 24.6 Å². The molecule has 0 spiro atoms. The number of hydrogen-bond acceptors (Lipinski definition) is 3. The number of nitrogens with zero attached hydrogens (tertiary/aromatic N) is 1. The number of benzene rings is 1. The predicted molar refractivity (Wildman–Crippen MR) is 87.2 cm³/mol. The van der Waals surface area contributed by atoms with Crippen LogP contribution in [0.2, 0.25) is 0 Å². The quantitative estimate of drug-likeness (QED) is 0.766. The summed E-state index contributed by atoms with van der Waals surface area (Å²) in [6, 6.07) is 10.3. The van der Waals surface area contributed by atoms with E-state index in [1.807, 2.05) is 18.0 Å². The standard InChI is InChI=1S/C17H21NOS/c1-5-14-7-9-17(20-14)16(19)11-18(4)15-8-6-12(2)10-13(15)3/h6-10H,5,11H2,1-4H3. The van der Waals surface area contributed by atoms with Crippen LogP contribution in [0.5, 0.6) is 0 Å². The van der Waals surface area contributed by atoms with Crippen molar-refractivity contribution in [2.24, 2.45) is 0 Å². The maximum Gasteiger partial charge on any atom is 0.191 e. The molecule has 0 saturated heterocycles. The number of Topliss-reactive ketones (excluding diaryl/α,β-unsaturated/α-hetero) is 1. The lowest BCUT2D eigenvalue weighted by molar-refractivity contribution is 0.100. The molecule has 0 aliphatic rings. The van der Waals surface area contributed by atoms with Crippen LogP contribution < -0.4 is 4.90 Å². The minimum absolute atomic E-state index is 0.192. The Morgan fingerprint density at radius 3 is 2.55 bits per heavy atom. The van der Waals surface area contributed by atoms with Gasteiger partial charge in [-0.2, -0.15) is 0 Å². The largest absolute Gasteiger partial charge is 0.367 e. The highest BCUT2D eigenvalue weighted by atomic mass is 32.1. The molecule has 3 heteroatoms. The summed E-state index contributed by atoms with van der Waals surface area (Å²) in [4.78, 5) is 16.5. The van der Waals surface area contributed by atoms with E-state index in [1.54, 1.807) is 11.3 Å². The molecule has 0 aliphatic heterocycles. The minimum Gasteiger partial charge on any atom is -0.367 e. The van der Waals surface area contributed by atoms with Crippen LogP contribution in [-0.2, 0) is 6.42 Å². The molecule has 106 valence electrons. The Morgan fingerprint density at radius 1 is 1.20 bits per heavy atom. The summed E-state index contributed by atoms with van der Waals surface area (Å²) >= 11 is 1.61. The van der Waals surface area contributed by atoms with E-state index in [0.717, 1.165) is 17.0 Å². The molecule has 0 atom stereocenters. The molecule has 0 N–H and O–H groups in total. The fraction of sp³-hybridized carbons (Fsp3) is 0.353. The van der Waals surface area contributed by atoms with Crippen molar-refractivity contribution in [3.05, 3.63) is 51.2 Å². The van der Waals surface area contributed by atoms with Crippen molar-refractivity contribution in [1.82, 2.24) is 0 Å². The Hall–Kier alpha value is -1.61. The van der Waals surface area contributed by atoms with Crippen molar-refractivity contribution in [3.63, 3.8) is 0 Å². The van der Waals surface area contributed by atoms with Crippen LogP contribution in [0.25, 0.3) is 0 Å². The molecule has 0 bridgehead atoms. The Kier molecular flexibility index (Phi) is 4.61. The van der Waals surface area contributed by atoms with Gasteiger partial charge in [-0.15, -0.1) is 11.3 Å². The zero-order valence-electron chi connectivity index (χ0n) is 12.6. The second kappa shape index (κ2) is 6.23. The first-order valence-electron chi connectivity index (χ1n) is 6.91. The van der Waals surface area contributed by atoms with Crippen molar-refractivity contribution in [2.75, 3.05) is 18.5 Å². The number of likely N-dealkylation sites (N-methyl/N-ethyl adjacent to an activating group) is 1. The third-order valence-electron chi connectivity index (χ3n) is 3.43. The minimum atomic E-state index is 0.192. The Morgan fingerprint density at radius 2 is 1.95 bits per heavy atom. The van der Waals surface area contributed by atoms with E-state index in [4.69, 9.17) is 0 Å². The molecule has 20 heavy (non-hydrogen) atoms. The molecule has 1 aromatic heterocycles. The molecule has 0 amide bonds. The Bertz CT molecular complexity index is 615. The average molecular weight is 287 g/mol. The number of thiophene rings is 1. The van der Waals surface area contributed by atoms with Gasteiger partial charge in [0.1, 0.15) is 0 Å². The monoisotopic (exact) mass is 287 g/mol. The number of carbonyl (C=O) groups excluding carboxylic acids is 1. The highest BCUT2D eigenvalue weighted by molar-refractivity contribution is 7.14. The maximum absolute atomic E-state index is 12.3. The van der Waals surface area contributed by atoms with E-state index in [1.165, 1.54) is 16.0 Å². The van der Waals surface area contributed by atoms with Crippen molar-refractivity contribution < 1.29 is 4.79 Å². The lowest BCUT2D eigenvalue weighted by atomic mass is 10.1. The summed E-state index contributed by atoms with van der Waals surface area (Å²) in [5.74, 6) is 0.192. The van der Waals surface area contributed by atoms with Gasteiger partial charge in [0.2, 0.25) is 0 Å². The molecule has 0 unspecified atom stereocenters. The average Bonchev–Trinajstić information content (AvgIpc) is 2.87. The van der Waals surface area contributed by atoms with E-state index in [0.29, 0.717) is 6.54 Å². The Balaban J connectivity index is 2.10. The lowest BCUT2D eigenvalue weighted by Crippen LogP contribution is -2.25.